The zero-order valence-corrected chi connectivity index (χ0v) is 19.4. The molecule has 0 aliphatic rings. The second-order valence-corrected chi connectivity index (χ2v) is 8.17. The molecule has 7 heteroatoms. The molecule has 0 bridgehead atoms. The first-order chi connectivity index (χ1) is 16.2. The van der Waals surface area contributed by atoms with Gasteiger partial charge in [0.25, 0.3) is 0 Å². The number of hydrogen-bond donors (Lipinski definition) is 0. The van der Waals surface area contributed by atoms with Crippen molar-refractivity contribution in [1.82, 2.24) is 14.6 Å². The Kier molecular flexibility index (Phi) is 5.71. The minimum atomic E-state index is 0.511. The fourth-order valence-corrected chi connectivity index (χ4v) is 4.59. The van der Waals surface area contributed by atoms with Gasteiger partial charge in [-0.15, -0.1) is 16.4 Å². The van der Waals surface area contributed by atoms with E-state index in [0.717, 1.165) is 21.8 Å². The van der Waals surface area contributed by atoms with E-state index >= 15 is 0 Å². The summed E-state index contributed by atoms with van der Waals surface area (Å²) in [4.78, 5) is 5.56. The lowest BCUT2D eigenvalue weighted by Crippen LogP contribution is -1.99. The standard InChI is InChI=1S/C26H23N3O3S/c1-4-32-24-22(30-2)14-20(15-23(24)31-3)25-27-26-29(28-25)21(16-33-26)19-12-10-18(11-13-19)17-8-6-5-7-9-17/h5-16H,4H2,1-3H3. The van der Waals surface area contributed by atoms with Crippen molar-refractivity contribution in [3.63, 3.8) is 0 Å². The van der Waals surface area contributed by atoms with Crippen molar-refractivity contribution < 1.29 is 14.2 Å². The number of fused-ring (bicyclic) bond motifs is 1. The third kappa shape index (κ3) is 3.91. The van der Waals surface area contributed by atoms with Gasteiger partial charge in [-0.2, -0.15) is 4.98 Å². The Morgan fingerprint density at radius 2 is 1.45 bits per heavy atom. The van der Waals surface area contributed by atoms with Crippen LogP contribution >= 0.6 is 11.3 Å². The average molecular weight is 458 g/mol. The molecule has 0 aliphatic carbocycles. The van der Waals surface area contributed by atoms with Crippen LogP contribution in [0.2, 0.25) is 0 Å². The zero-order chi connectivity index (χ0) is 22.8. The summed E-state index contributed by atoms with van der Waals surface area (Å²) in [6.07, 6.45) is 0. The third-order valence-corrected chi connectivity index (χ3v) is 6.19. The molecule has 6 nitrogen and oxygen atoms in total. The molecule has 5 rings (SSSR count). The van der Waals surface area contributed by atoms with Crippen molar-refractivity contribution in [1.29, 1.82) is 0 Å². The Hall–Kier alpha value is -3.84. The molecule has 0 spiro atoms. The quantitative estimate of drug-likeness (QED) is 0.291. The van der Waals surface area contributed by atoms with Crippen molar-refractivity contribution in [2.24, 2.45) is 0 Å². The van der Waals surface area contributed by atoms with E-state index in [4.69, 9.17) is 24.3 Å². The van der Waals surface area contributed by atoms with Gasteiger partial charge in [0.1, 0.15) is 0 Å². The van der Waals surface area contributed by atoms with Crippen molar-refractivity contribution in [3.05, 3.63) is 72.1 Å². The molecule has 0 aliphatic heterocycles. The van der Waals surface area contributed by atoms with Crippen LogP contribution < -0.4 is 14.2 Å². The summed E-state index contributed by atoms with van der Waals surface area (Å²) >= 11 is 1.56. The molecule has 3 aromatic carbocycles. The average Bonchev–Trinajstić information content (AvgIpc) is 3.46. The molecule has 0 atom stereocenters. The number of hydrogen-bond acceptors (Lipinski definition) is 6. The molecule has 5 aromatic rings. The predicted octanol–water partition coefficient (Wildman–Crippen LogP) is 6.21. The highest BCUT2D eigenvalue weighted by atomic mass is 32.1. The molecule has 0 fully saturated rings. The predicted molar refractivity (Wildman–Crippen MR) is 131 cm³/mol. The molecule has 0 N–H and O–H groups in total. The smallest absolute Gasteiger partial charge is 0.213 e. The number of nitrogens with zero attached hydrogens (tertiary/aromatic N) is 3. The third-order valence-electron chi connectivity index (χ3n) is 5.38. The van der Waals surface area contributed by atoms with Crippen molar-refractivity contribution >= 4 is 16.3 Å². The second kappa shape index (κ2) is 8.96. The fraction of sp³-hybridized carbons (Fsp3) is 0.154. The minimum absolute atomic E-state index is 0.511. The van der Waals surface area contributed by atoms with E-state index in [2.05, 4.69) is 41.8 Å². The number of benzene rings is 3. The summed E-state index contributed by atoms with van der Waals surface area (Å²) < 4.78 is 18.7. The number of methoxy groups -OCH3 is 2. The highest BCUT2D eigenvalue weighted by Crippen LogP contribution is 2.41. The molecule has 0 saturated heterocycles. The minimum Gasteiger partial charge on any atom is -0.493 e. The van der Waals surface area contributed by atoms with Gasteiger partial charge >= 0.3 is 0 Å². The van der Waals surface area contributed by atoms with Crippen LogP contribution in [-0.2, 0) is 0 Å². The highest BCUT2D eigenvalue weighted by molar-refractivity contribution is 7.15. The summed E-state index contributed by atoms with van der Waals surface area (Å²) in [5.41, 5.74) is 5.26. The first kappa shape index (κ1) is 21.0. The Bertz CT molecular complexity index is 1370. The molecule has 0 unspecified atom stereocenters. The monoisotopic (exact) mass is 457 g/mol. The lowest BCUT2D eigenvalue weighted by Gasteiger charge is -2.14. The van der Waals surface area contributed by atoms with E-state index in [1.807, 2.05) is 41.8 Å². The molecule has 2 aromatic heterocycles. The van der Waals surface area contributed by atoms with Crippen LogP contribution in [0.3, 0.4) is 0 Å². The van der Waals surface area contributed by atoms with Gasteiger partial charge in [0, 0.05) is 16.5 Å². The van der Waals surface area contributed by atoms with Crippen LogP contribution in [-0.4, -0.2) is 35.4 Å². The van der Waals surface area contributed by atoms with Crippen molar-refractivity contribution in [2.75, 3.05) is 20.8 Å². The Morgan fingerprint density at radius 1 is 0.818 bits per heavy atom. The number of aromatic nitrogens is 3. The van der Waals surface area contributed by atoms with Gasteiger partial charge in [0.2, 0.25) is 10.7 Å². The topological polar surface area (TPSA) is 57.9 Å². The molecule has 166 valence electrons. The maximum Gasteiger partial charge on any atom is 0.213 e. The van der Waals surface area contributed by atoms with Crippen molar-refractivity contribution in [3.8, 4) is 51.0 Å². The lowest BCUT2D eigenvalue weighted by molar-refractivity contribution is 0.288. The van der Waals surface area contributed by atoms with E-state index in [1.54, 1.807) is 25.6 Å². The maximum atomic E-state index is 5.71. The summed E-state index contributed by atoms with van der Waals surface area (Å²) in [6, 6.07) is 22.6. The maximum absolute atomic E-state index is 5.71. The molecular weight excluding hydrogens is 434 g/mol. The Balaban J connectivity index is 1.52. The van der Waals surface area contributed by atoms with E-state index in [-0.39, 0.29) is 0 Å². The summed E-state index contributed by atoms with van der Waals surface area (Å²) in [7, 11) is 3.22. The van der Waals surface area contributed by atoms with Gasteiger partial charge < -0.3 is 14.2 Å². The molecular formula is C26H23N3O3S. The van der Waals surface area contributed by atoms with Gasteiger partial charge in [0.15, 0.2) is 17.3 Å². The first-order valence-electron chi connectivity index (χ1n) is 10.6. The van der Waals surface area contributed by atoms with E-state index in [1.165, 1.54) is 11.1 Å². The molecule has 0 amide bonds. The van der Waals surface area contributed by atoms with Gasteiger partial charge in [-0.25, -0.2) is 4.52 Å². The number of ether oxygens (including phenoxy) is 3. The highest BCUT2D eigenvalue weighted by Gasteiger charge is 2.19. The van der Waals surface area contributed by atoms with Crippen LogP contribution in [0.25, 0.3) is 38.7 Å². The van der Waals surface area contributed by atoms with Crippen LogP contribution in [0.5, 0.6) is 17.2 Å². The van der Waals surface area contributed by atoms with Crippen LogP contribution in [0.1, 0.15) is 6.92 Å². The SMILES string of the molecule is CCOc1c(OC)cc(-c2nc3scc(-c4ccc(-c5ccccc5)cc4)n3n2)cc1OC. The largest absolute Gasteiger partial charge is 0.493 e. The normalized spacial score (nSPS) is 11.0. The van der Waals surface area contributed by atoms with Crippen LogP contribution in [0, 0.1) is 0 Å². The first-order valence-corrected chi connectivity index (χ1v) is 11.5. The van der Waals surface area contributed by atoms with Gasteiger partial charge in [-0.3, -0.25) is 0 Å². The lowest BCUT2D eigenvalue weighted by atomic mass is 10.0. The van der Waals surface area contributed by atoms with Crippen LogP contribution in [0.4, 0.5) is 0 Å². The zero-order valence-electron chi connectivity index (χ0n) is 18.6. The second-order valence-electron chi connectivity index (χ2n) is 7.34. The molecule has 33 heavy (non-hydrogen) atoms. The molecule has 0 radical (unpaired) electrons. The fourth-order valence-electron chi connectivity index (χ4n) is 3.76. The van der Waals surface area contributed by atoms with Gasteiger partial charge in [-0.05, 0) is 30.2 Å². The van der Waals surface area contributed by atoms with E-state index in [9.17, 15) is 0 Å². The number of rotatable bonds is 7. The van der Waals surface area contributed by atoms with Crippen LogP contribution in [0.15, 0.2) is 72.1 Å². The summed E-state index contributed by atoms with van der Waals surface area (Å²) in [5.74, 6) is 2.34. The molecule has 2 heterocycles. The van der Waals surface area contributed by atoms with Gasteiger partial charge in [-0.1, -0.05) is 54.6 Å². The van der Waals surface area contributed by atoms with Gasteiger partial charge in [0.05, 0.1) is 26.5 Å². The van der Waals surface area contributed by atoms with Crippen molar-refractivity contribution in [2.45, 2.75) is 6.92 Å². The molecule has 0 saturated carbocycles. The number of thiazole rings is 1. The Labute approximate surface area is 196 Å². The van der Waals surface area contributed by atoms with E-state index in [0.29, 0.717) is 29.7 Å². The Morgan fingerprint density at radius 3 is 2.09 bits per heavy atom. The summed E-state index contributed by atoms with van der Waals surface area (Å²) in [5, 5.41) is 6.87. The summed E-state index contributed by atoms with van der Waals surface area (Å²) in [6.45, 7) is 2.43. The van der Waals surface area contributed by atoms with E-state index < -0.39 is 0 Å².